The molecule has 16 heavy (non-hydrogen) atoms. The van der Waals surface area contributed by atoms with E-state index in [0.717, 1.165) is 16.8 Å². The Bertz CT molecular complexity index is 477. The van der Waals surface area contributed by atoms with Crippen LogP contribution in [0.25, 0.3) is 6.08 Å². The third-order valence-electron chi connectivity index (χ3n) is 2.42. The minimum Gasteiger partial charge on any atom is -0.466 e. The molecule has 1 aromatic rings. The smallest absolute Gasteiger partial charge is 0.330 e. The average Bonchev–Trinajstić information content (AvgIpc) is 2.66. The number of carbonyl (C=O) groups excluding carboxylic acids is 2. The van der Waals surface area contributed by atoms with Gasteiger partial charge in [0.05, 0.1) is 13.5 Å². The first-order valence-corrected chi connectivity index (χ1v) is 4.88. The average molecular weight is 217 g/mol. The Labute approximate surface area is 92.9 Å². The van der Waals surface area contributed by atoms with Crippen LogP contribution in [0.2, 0.25) is 0 Å². The first-order chi connectivity index (χ1) is 7.70. The van der Waals surface area contributed by atoms with Crippen molar-refractivity contribution in [3.63, 3.8) is 0 Å². The van der Waals surface area contributed by atoms with E-state index < -0.39 is 5.97 Å². The monoisotopic (exact) mass is 217 g/mol. The fourth-order valence-corrected chi connectivity index (χ4v) is 1.66. The highest BCUT2D eigenvalue weighted by molar-refractivity contribution is 6.00. The van der Waals surface area contributed by atoms with E-state index >= 15 is 0 Å². The zero-order valence-electron chi connectivity index (χ0n) is 8.82. The molecule has 0 unspecified atom stereocenters. The standard InChI is InChI=1S/C12H11NO3/c1-16-12(15)6-5-8-3-2-4-10-9(8)7-11(14)13-10/h2-6H,7H2,1H3,(H,13,14). The summed E-state index contributed by atoms with van der Waals surface area (Å²) in [6.07, 6.45) is 3.36. The molecule has 1 aliphatic heterocycles. The van der Waals surface area contributed by atoms with Gasteiger partial charge in [-0.1, -0.05) is 12.1 Å². The highest BCUT2D eigenvalue weighted by Gasteiger charge is 2.19. The van der Waals surface area contributed by atoms with Crippen molar-refractivity contribution >= 4 is 23.6 Å². The molecular formula is C12H11NO3. The lowest BCUT2D eigenvalue weighted by Crippen LogP contribution is -2.03. The van der Waals surface area contributed by atoms with Crippen LogP contribution in [-0.4, -0.2) is 19.0 Å². The van der Waals surface area contributed by atoms with Gasteiger partial charge in [0.25, 0.3) is 0 Å². The molecule has 0 aliphatic carbocycles. The third-order valence-corrected chi connectivity index (χ3v) is 2.42. The van der Waals surface area contributed by atoms with Crippen molar-refractivity contribution in [3.8, 4) is 0 Å². The second-order valence-electron chi connectivity index (χ2n) is 3.45. The molecule has 4 heteroatoms. The molecule has 1 N–H and O–H groups in total. The van der Waals surface area contributed by atoms with Crippen LogP contribution in [-0.2, 0) is 20.7 Å². The zero-order valence-corrected chi connectivity index (χ0v) is 8.82. The van der Waals surface area contributed by atoms with E-state index in [9.17, 15) is 9.59 Å². The Balaban J connectivity index is 2.30. The van der Waals surface area contributed by atoms with Gasteiger partial charge in [0, 0.05) is 11.8 Å². The second-order valence-corrected chi connectivity index (χ2v) is 3.45. The topological polar surface area (TPSA) is 55.4 Å². The summed E-state index contributed by atoms with van der Waals surface area (Å²) in [6.45, 7) is 0. The molecule has 0 fully saturated rings. The molecule has 0 radical (unpaired) electrons. The minimum absolute atomic E-state index is 0.0195. The van der Waals surface area contributed by atoms with Crippen molar-refractivity contribution in [2.24, 2.45) is 0 Å². The summed E-state index contributed by atoms with van der Waals surface area (Å²) in [7, 11) is 1.33. The molecule has 1 aliphatic rings. The van der Waals surface area contributed by atoms with Gasteiger partial charge >= 0.3 is 5.97 Å². The van der Waals surface area contributed by atoms with Crippen LogP contribution >= 0.6 is 0 Å². The van der Waals surface area contributed by atoms with E-state index in [1.165, 1.54) is 13.2 Å². The van der Waals surface area contributed by atoms with E-state index in [4.69, 9.17) is 0 Å². The Morgan fingerprint density at radius 1 is 1.50 bits per heavy atom. The molecule has 1 amide bonds. The molecule has 82 valence electrons. The van der Waals surface area contributed by atoms with Gasteiger partial charge in [0.2, 0.25) is 5.91 Å². The lowest BCUT2D eigenvalue weighted by molar-refractivity contribution is -0.134. The SMILES string of the molecule is COC(=O)C=Cc1cccc2c1CC(=O)N2. The number of hydrogen-bond acceptors (Lipinski definition) is 3. The largest absolute Gasteiger partial charge is 0.466 e. The number of esters is 1. The molecule has 0 aromatic heterocycles. The summed E-state index contributed by atoms with van der Waals surface area (Å²) in [4.78, 5) is 22.2. The van der Waals surface area contributed by atoms with Crippen molar-refractivity contribution < 1.29 is 14.3 Å². The van der Waals surface area contributed by atoms with Gasteiger partial charge in [-0.25, -0.2) is 4.79 Å². The summed E-state index contributed by atoms with van der Waals surface area (Å²) < 4.78 is 4.50. The van der Waals surface area contributed by atoms with Gasteiger partial charge in [-0.05, 0) is 23.3 Å². The molecular weight excluding hydrogens is 206 g/mol. The summed E-state index contributed by atoms with van der Waals surface area (Å²) in [5, 5.41) is 2.75. The normalized spacial score (nSPS) is 13.7. The van der Waals surface area contributed by atoms with Gasteiger partial charge in [-0.15, -0.1) is 0 Å². The number of carbonyl (C=O) groups is 2. The number of fused-ring (bicyclic) bond motifs is 1. The predicted molar refractivity (Wildman–Crippen MR) is 59.8 cm³/mol. The molecule has 0 saturated carbocycles. The molecule has 4 nitrogen and oxygen atoms in total. The molecule has 0 spiro atoms. The Kier molecular flexibility index (Phi) is 2.72. The Morgan fingerprint density at radius 2 is 2.31 bits per heavy atom. The van der Waals surface area contributed by atoms with Crippen LogP contribution in [0.3, 0.4) is 0 Å². The van der Waals surface area contributed by atoms with E-state index in [2.05, 4.69) is 10.1 Å². The Morgan fingerprint density at radius 3 is 3.06 bits per heavy atom. The van der Waals surface area contributed by atoms with Crippen molar-refractivity contribution in [2.45, 2.75) is 6.42 Å². The zero-order chi connectivity index (χ0) is 11.5. The summed E-state index contributed by atoms with van der Waals surface area (Å²) >= 11 is 0. The summed E-state index contributed by atoms with van der Waals surface area (Å²) in [6, 6.07) is 5.54. The highest BCUT2D eigenvalue weighted by atomic mass is 16.5. The van der Waals surface area contributed by atoms with Gasteiger partial charge in [-0.3, -0.25) is 4.79 Å². The quantitative estimate of drug-likeness (QED) is 0.601. The molecule has 2 rings (SSSR count). The summed E-state index contributed by atoms with van der Waals surface area (Å²) in [5.74, 6) is -0.427. The molecule has 0 bridgehead atoms. The highest BCUT2D eigenvalue weighted by Crippen LogP contribution is 2.26. The van der Waals surface area contributed by atoms with E-state index in [1.807, 2.05) is 18.2 Å². The fraction of sp³-hybridized carbons (Fsp3) is 0.167. The maximum atomic E-state index is 11.2. The second kappa shape index (κ2) is 4.18. The molecule has 1 heterocycles. The maximum Gasteiger partial charge on any atom is 0.330 e. The van der Waals surface area contributed by atoms with Gasteiger partial charge in [0.15, 0.2) is 0 Å². The lowest BCUT2D eigenvalue weighted by Gasteiger charge is -2.01. The molecule has 0 saturated heterocycles. The van der Waals surface area contributed by atoms with Crippen molar-refractivity contribution in [1.82, 2.24) is 0 Å². The van der Waals surface area contributed by atoms with E-state index in [0.29, 0.717) is 6.42 Å². The summed E-state index contributed by atoms with van der Waals surface area (Å²) in [5.41, 5.74) is 2.60. The van der Waals surface area contributed by atoms with Gasteiger partial charge in [0.1, 0.15) is 0 Å². The van der Waals surface area contributed by atoms with Crippen molar-refractivity contribution in [1.29, 1.82) is 0 Å². The first-order valence-electron chi connectivity index (χ1n) is 4.88. The van der Waals surface area contributed by atoms with Crippen LogP contribution in [0.1, 0.15) is 11.1 Å². The lowest BCUT2D eigenvalue weighted by atomic mass is 10.0. The van der Waals surface area contributed by atoms with Gasteiger partial charge < -0.3 is 10.1 Å². The van der Waals surface area contributed by atoms with Crippen LogP contribution in [0.15, 0.2) is 24.3 Å². The fourth-order valence-electron chi connectivity index (χ4n) is 1.66. The van der Waals surface area contributed by atoms with Gasteiger partial charge in [-0.2, -0.15) is 0 Å². The number of rotatable bonds is 2. The number of amides is 1. The van der Waals surface area contributed by atoms with Crippen LogP contribution < -0.4 is 5.32 Å². The number of benzene rings is 1. The predicted octanol–water partition coefficient (Wildman–Crippen LogP) is 1.37. The number of methoxy groups -OCH3 is 1. The molecule has 1 aromatic carbocycles. The van der Waals surface area contributed by atoms with Crippen molar-refractivity contribution in [3.05, 3.63) is 35.4 Å². The van der Waals surface area contributed by atoms with Crippen LogP contribution in [0.5, 0.6) is 0 Å². The maximum absolute atomic E-state index is 11.2. The van der Waals surface area contributed by atoms with E-state index in [1.54, 1.807) is 6.08 Å². The number of hydrogen-bond donors (Lipinski definition) is 1. The van der Waals surface area contributed by atoms with E-state index in [-0.39, 0.29) is 5.91 Å². The number of anilines is 1. The first kappa shape index (κ1) is 10.4. The third kappa shape index (κ3) is 1.95. The minimum atomic E-state index is -0.408. The molecule has 0 atom stereocenters. The number of nitrogens with one attached hydrogen (secondary N) is 1. The Hall–Kier alpha value is -2.10. The number of ether oxygens (including phenoxy) is 1. The van der Waals surface area contributed by atoms with Crippen molar-refractivity contribution in [2.75, 3.05) is 12.4 Å². The van der Waals surface area contributed by atoms with Crippen LogP contribution in [0.4, 0.5) is 5.69 Å². The van der Waals surface area contributed by atoms with Crippen LogP contribution in [0, 0.1) is 0 Å².